The molecule has 13 heteroatoms. The summed E-state index contributed by atoms with van der Waals surface area (Å²) in [5.74, 6) is 5.74. The van der Waals surface area contributed by atoms with Gasteiger partial charge in [-0.15, -0.1) is 21.5 Å². The number of carbonyl (C=O) groups is 2. The average molecular weight is 467 g/mol. The highest BCUT2D eigenvalue weighted by Crippen LogP contribution is 2.19. The number of rotatable bonds is 10. The van der Waals surface area contributed by atoms with Crippen molar-refractivity contribution in [2.24, 2.45) is 0 Å². The van der Waals surface area contributed by atoms with Gasteiger partial charge in [0.25, 0.3) is 0 Å². The molecule has 164 valence electrons. The molecule has 31 heavy (non-hydrogen) atoms. The second-order valence-corrected chi connectivity index (χ2v) is 7.77. The number of nitrogens with two attached hydrogens (primary N) is 1. The lowest BCUT2D eigenvalue weighted by atomic mass is 10.3. The minimum absolute atomic E-state index is 0.0287. The van der Waals surface area contributed by atoms with Gasteiger partial charge in [-0.3, -0.25) is 9.59 Å². The zero-order chi connectivity index (χ0) is 22.2. The molecule has 2 heterocycles. The van der Waals surface area contributed by atoms with Gasteiger partial charge in [-0.2, -0.15) is 0 Å². The van der Waals surface area contributed by atoms with E-state index in [2.05, 4.69) is 20.5 Å². The molecule has 0 spiro atoms. The molecule has 1 amide bonds. The smallest absolute Gasteiger partial charge is 0.311 e. The number of aromatic nitrogens is 4. The minimum atomic E-state index is -0.372. The third-order valence-electron chi connectivity index (χ3n) is 3.68. The van der Waals surface area contributed by atoms with E-state index in [1.807, 2.05) is 0 Å². The van der Waals surface area contributed by atoms with Gasteiger partial charge in [-0.1, -0.05) is 11.8 Å². The van der Waals surface area contributed by atoms with Crippen LogP contribution in [0.5, 0.6) is 5.75 Å². The summed E-state index contributed by atoms with van der Waals surface area (Å²) < 4.78 is 24.5. The second kappa shape index (κ2) is 10.7. The average Bonchev–Trinajstić information content (AvgIpc) is 3.32. The fraction of sp³-hybridized carbons (Fsp3) is 0.278. The van der Waals surface area contributed by atoms with Crippen LogP contribution in [-0.2, 0) is 27.4 Å². The van der Waals surface area contributed by atoms with Crippen LogP contribution in [0, 0.1) is 5.82 Å². The molecule has 0 aliphatic rings. The van der Waals surface area contributed by atoms with Gasteiger partial charge in [0.15, 0.2) is 11.0 Å². The van der Waals surface area contributed by atoms with Gasteiger partial charge in [0, 0.05) is 5.38 Å². The summed E-state index contributed by atoms with van der Waals surface area (Å²) in [6.07, 6.45) is 0.0496. The lowest BCUT2D eigenvalue weighted by Gasteiger charge is -2.06. The summed E-state index contributed by atoms with van der Waals surface area (Å²) in [4.78, 5) is 27.8. The second-order valence-electron chi connectivity index (χ2n) is 5.97. The number of thioether (sulfide) groups is 1. The number of halogens is 1. The Balaban J connectivity index is 1.46. The van der Waals surface area contributed by atoms with Gasteiger partial charge in [-0.05, 0) is 31.2 Å². The van der Waals surface area contributed by atoms with E-state index in [-0.39, 0.29) is 36.5 Å². The van der Waals surface area contributed by atoms with Crippen molar-refractivity contribution in [3.63, 3.8) is 0 Å². The van der Waals surface area contributed by atoms with Crippen molar-refractivity contribution >= 4 is 40.1 Å². The molecule has 0 radical (unpaired) electrons. The van der Waals surface area contributed by atoms with Crippen LogP contribution in [0.1, 0.15) is 18.4 Å². The van der Waals surface area contributed by atoms with Crippen LogP contribution in [0.3, 0.4) is 0 Å². The van der Waals surface area contributed by atoms with Crippen molar-refractivity contribution in [1.29, 1.82) is 0 Å². The van der Waals surface area contributed by atoms with E-state index >= 15 is 0 Å². The van der Waals surface area contributed by atoms with E-state index in [0.717, 1.165) is 11.8 Å². The number of nitrogen functional groups attached to an aromatic ring is 1. The predicted octanol–water partition coefficient (Wildman–Crippen LogP) is 2.00. The molecule has 0 atom stereocenters. The highest BCUT2D eigenvalue weighted by molar-refractivity contribution is 7.99. The lowest BCUT2D eigenvalue weighted by Crippen LogP contribution is -2.18. The first-order valence-electron chi connectivity index (χ1n) is 9.05. The van der Waals surface area contributed by atoms with E-state index in [1.54, 1.807) is 12.3 Å². The molecule has 0 saturated heterocycles. The Bertz CT molecular complexity index is 1040. The van der Waals surface area contributed by atoms with E-state index in [9.17, 15) is 14.0 Å². The fourth-order valence-electron chi connectivity index (χ4n) is 2.27. The fourth-order valence-corrected chi connectivity index (χ4v) is 3.68. The number of anilines is 1. The molecule has 2 aromatic heterocycles. The van der Waals surface area contributed by atoms with Crippen LogP contribution in [0.2, 0.25) is 0 Å². The van der Waals surface area contributed by atoms with Gasteiger partial charge >= 0.3 is 5.97 Å². The molecule has 1 aromatic carbocycles. The maximum absolute atomic E-state index is 12.9. The van der Waals surface area contributed by atoms with Gasteiger partial charge in [0.1, 0.15) is 18.2 Å². The number of nitrogens with zero attached hydrogens (tertiary/aromatic N) is 4. The van der Waals surface area contributed by atoms with Crippen molar-refractivity contribution in [3.8, 4) is 5.75 Å². The number of esters is 1. The highest BCUT2D eigenvalue weighted by atomic mass is 32.2. The molecule has 0 aliphatic carbocycles. The SMILES string of the molecule is CCOC(=O)Cc1csc(NC(=O)CSc2nnc(COc3ccc(F)cc3)n2N)n1. The number of thiazole rings is 1. The Morgan fingerprint density at radius 3 is 2.81 bits per heavy atom. The largest absolute Gasteiger partial charge is 0.486 e. The molecular formula is C18H19FN6O4S2. The molecule has 0 unspecified atom stereocenters. The molecule has 3 aromatic rings. The molecule has 0 bridgehead atoms. The van der Waals surface area contributed by atoms with Crippen molar-refractivity contribution in [2.45, 2.75) is 25.1 Å². The van der Waals surface area contributed by atoms with Crippen molar-refractivity contribution in [2.75, 3.05) is 23.5 Å². The van der Waals surface area contributed by atoms with Crippen molar-refractivity contribution in [1.82, 2.24) is 19.9 Å². The monoisotopic (exact) mass is 466 g/mol. The number of amides is 1. The summed E-state index contributed by atoms with van der Waals surface area (Å²) >= 11 is 2.31. The van der Waals surface area contributed by atoms with Crippen LogP contribution in [-0.4, -0.2) is 44.1 Å². The number of nitrogens with one attached hydrogen (secondary N) is 1. The predicted molar refractivity (Wildman–Crippen MR) is 113 cm³/mol. The van der Waals surface area contributed by atoms with E-state index in [0.29, 0.717) is 34.2 Å². The maximum Gasteiger partial charge on any atom is 0.311 e. The van der Waals surface area contributed by atoms with Crippen LogP contribution in [0.25, 0.3) is 0 Å². The summed E-state index contributed by atoms with van der Waals surface area (Å²) in [6, 6.07) is 5.54. The minimum Gasteiger partial charge on any atom is -0.486 e. The quantitative estimate of drug-likeness (QED) is 0.261. The first-order valence-corrected chi connectivity index (χ1v) is 10.9. The van der Waals surface area contributed by atoms with E-state index in [1.165, 1.54) is 40.3 Å². The van der Waals surface area contributed by atoms with E-state index in [4.69, 9.17) is 15.3 Å². The highest BCUT2D eigenvalue weighted by Gasteiger charge is 2.14. The molecule has 3 N–H and O–H groups in total. The number of hydrogen-bond acceptors (Lipinski definition) is 10. The normalized spacial score (nSPS) is 10.6. The first kappa shape index (κ1) is 22.5. The molecule has 0 aliphatic heterocycles. The molecule has 0 fully saturated rings. The molecular weight excluding hydrogens is 447 g/mol. The zero-order valence-corrected chi connectivity index (χ0v) is 18.0. The topological polar surface area (TPSA) is 134 Å². The van der Waals surface area contributed by atoms with Crippen LogP contribution >= 0.6 is 23.1 Å². The van der Waals surface area contributed by atoms with Gasteiger partial charge < -0.3 is 20.6 Å². The Morgan fingerprint density at radius 2 is 2.06 bits per heavy atom. The van der Waals surface area contributed by atoms with Crippen molar-refractivity contribution < 1.29 is 23.5 Å². The standard InChI is InChI=1S/C18H19FN6O4S2/c1-2-28-16(27)7-12-9-30-17(21-12)22-15(26)10-31-18-24-23-14(25(18)20)8-29-13-5-3-11(19)4-6-13/h3-6,9H,2,7-8,10,20H2,1H3,(H,21,22,26). The van der Waals surface area contributed by atoms with Crippen LogP contribution in [0.4, 0.5) is 9.52 Å². The van der Waals surface area contributed by atoms with Gasteiger partial charge in [0.2, 0.25) is 11.1 Å². The van der Waals surface area contributed by atoms with Gasteiger partial charge in [-0.25, -0.2) is 14.1 Å². The third-order valence-corrected chi connectivity index (χ3v) is 5.43. The van der Waals surface area contributed by atoms with Crippen molar-refractivity contribution in [3.05, 3.63) is 47.0 Å². The first-order chi connectivity index (χ1) is 14.9. The zero-order valence-electron chi connectivity index (χ0n) is 16.4. The van der Waals surface area contributed by atoms with Crippen LogP contribution in [0.15, 0.2) is 34.8 Å². The summed E-state index contributed by atoms with van der Waals surface area (Å²) in [7, 11) is 0. The lowest BCUT2D eigenvalue weighted by molar-refractivity contribution is -0.142. The summed E-state index contributed by atoms with van der Waals surface area (Å²) in [5.41, 5.74) is 0.527. The van der Waals surface area contributed by atoms with Crippen LogP contribution < -0.4 is 15.9 Å². The molecule has 10 nitrogen and oxygen atoms in total. The number of hydrogen-bond donors (Lipinski definition) is 2. The Morgan fingerprint density at radius 1 is 1.29 bits per heavy atom. The number of benzene rings is 1. The summed E-state index contributed by atoms with van der Waals surface area (Å²) in [6.45, 7) is 2.06. The molecule has 3 rings (SSSR count). The van der Waals surface area contributed by atoms with Gasteiger partial charge in [0.05, 0.1) is 24.5 Å². The Labute approximate surface area is 184 Å². The molecule has 0 saturated carbocycles. The Hall–Kier alpha value is -3.19. The number of ether oxygens (including phenoxy) is 2. The Kier molecular flexibility index (Phi) is 7.78. The third kappa shape index (κ3) is 6.65. The summed E-state index contributed by atoms with van der Waals surface area (Å²) in [5, 5.41) is 12.9. The maximum atomic E-state index is 12.9. The number of carbonyl (C=O) groups excluding carboxylic acids is 2. The van der Waals surface area contributed by atoms with E-state index < -0.39 is 0 Å².